The largest absolute Gasteiger partial charge is 1.00 e. The Morgan fingerprint density at radius 2 is 0.978 bits per heavy atom. The van der Waals surface area contributed by atoms with Gasteiger partial charge in [-0.3, -0.25) is 0 Å². The average Bonchev–Trinajstić information content (AvgIpc) is 2.83. The van der Waals surface area contributed by atoms with Gasteiger partial charge in [-0.25, -0.2) is 8.78 Å². The van der Waals surface area contributed by atoms with Gasteiger partial charge < -0.3 is 14.7 Å². The zero-order valence-corrected chi connectivity index (χ0v) is 24.0. The molecule has 0 N–H and O–H groups in total. The molecule has 0 saturated carbocycles. The summed E-state index contributed by atoms with van der Waals surface area (Å²) in [6.07, 6.45) is -23.2. The molecule has 3 rings (SSSR count). The fourth-order valence-corrected chi connectivity index (χ4v) is 4.42. The van der Waals surface area contributed by atoms with Gasteiger partial charge in [0.15, 0.2) is 0 Å². The van der Waals surface area contributed by atoms with Crippen molar-refractivity contribution < 1.29 is 114 Å². The van der Waals surface area contributed by atoms with Gasteiger partial charge in [-0.1, -0.05) is 11.6 Å². The third-order valence-corrected chi connectivity index (χ3v) is 6.55. The maximum Gasteiger partial charge on any atom is 1.00 e. The minimum absolute atomic E-state index is 0. The number of alkyl halides is 12. The van der Waals surface area contributed by atoms with E-state index in [1.807, 2.05) is 0 Å². The molecule has 0 heterocycles. The second-order valence-corrected chi connectivity index (χ2v) is 9.82. The molecule has 0 saturated heterocycles. The van der Waals surface area contributed by atoms with Crippen molar-refractivity contribution in [3.8, 4) is 11.1 Å². The number of hydrogen-bond donors (Lipinski definition) is 0. The molecule has 1 unspecified atom stereocenters. The zero-order valence-electron chi connectivity index (χ0n) is 23.2. The Morgan fingerprint density at radius 1 is 0.630 bits per heavy atom. The van der Waals surface area contributed by atoms with Crippen LogP contribution in [0.5, 0.6) is 0 Å². The Bertz CT molecular complexity index is 1490. The molecule has 21 heteroatoms. The molecule has 0 aliphatic carbocycles. The Hall–Kier alpha value is -1.89. The molecular formula is C25H12BClF14Li2O3. The number of halogens is 15. The third kappa shape index (κ3) is 9.60. The van der Waals surface area contributed by atoms with Crippen molar-refractivity contribution in [1.29, 1.82) is 0 Å². The molecule has 0 bridgehead atoms. The summed E-state index contributed by atoms with van der Waals surface area (Å²) in [4.78, 5) is 0. The van der Waals surface area contributed by atoms with Crippen molar-refractivity contribution in [1.82, 2.24) is 0 Å². The molecule has 0 radical (unpaired) electrons. The predicted octanol–water partition coefficient (Wildman–Crippen LogP) is 1.55. The second kappa shape index (κ2) is 14.3. The van der Waals surface area contributed by atoms with Crippen molar-refractivity contribution in [2.45, 2.75) is 43.7 Å². The van der Waals surface area contributed by atoms with Crippen molar-refractivity contribution in [2.75, 3.05) is 0 Å². The van der Waals surface area contributed by atoms with E-state index < -0.39 is 105 Å². The maximum atomic E-state index is 15.8. The molecule has 0 fully saturated rings. The SMILES string of the molecule is CC(Cc1c(Cl)cc(F)c(-c2cc(C(F)(F)F)cc(C(F)(F)F)c2)c1F)(OB([O-])[O-])c1cc(C(F)(F)F)cc(C(F)(F)F)c1.[Li+].[Li+]. The molecule has 240 valence electrons. The summed E-state index contributed by atoms with van der Waals surface area (Å²) in [6.45, 7) is 0.566. The smallest absolute Gasteiger partial charge is 0.871 e. The summed E-state index contributed by atoms with van der Waals surface area (Å²) in [5.74, 6) is -3.84. The quantitative estimate of drug-likeness (QED) is 0.293. The fourth-order valence-electron chi connectivity index (χ4n) is 4.18. The van der Waals surface area contributed by atoms with E-state index in [1.54, 1.807) is 0 Å². The van der Waals surface area contributed by atoms with Crippen LogP contribution in [0.15, 0.2) is 42.5 Å². The molecule has 3 nitrogen and oxygen atoms in total. The van der Waals surface area contributed by atoms with Crippen LogP contribution in [0.25, 0.3) is 11.1 Å². The van der Waals surface area contributed by atoms with E-state index in [0.717, 1.165) is 0 Å². The van der Waals surface area contributed by atoms with E-state index >= 15 is 4.39 Å². The number of rotatable bonds is 6. The molecule has 1 atom stereocenters. The standard InChI is InChI=1S/C25H12BClF14O3.2Li/c1-21(44-26(42)43,11-4-14(24(36,37)38)7-15(5-11)25(39,40)41)9-16-17(27)8-18(28)19(20(16)29)10-2-12(22(30,31)32)6-13(3-10)23(33,34)35;;/h2-8H,9H2,1H3;;/q-2;2*+1. The van der Waals surface area contributed by atoms with E-state index in [9.17, 15) is 67.1 Å². The molecule has 0 aromatic heterocycles. The van der Waals surface area contributed by atoms with Gasteiger partial charge in [0.05, 0.1) is 40.7 Å². The van der Waals surface area contributed by atoms with Crippen LogP contribution in [-0.4, -0.2) is 7.32 Å². The molecule has 0 aliphatic heterocycles. The van der Waals surface area contributed by atoms with Gasteiger partial charge in [-0.2, -0.15) is 52.7 Å². The molecular weight excluding hydrogens is 674 g/mol. The topological polar surface area (TPSA) is 55.3 Å². The van der Waals surface area contributed by atoms with Gasteiger partial charge in [0, 0.05) is 17.0 Å². The molecule has 0 aliphatic rings. The third-order valence-electron chi connectivity index (χ3n) is 6.21. The van der Waals surface area contributed by atoms with Crippen LogP contribution in [-0.2, 0) is 41.4 Å². The Labute approximate surface area is 279 Å². The van der Waals surface area contributed by atoms with E-state index in [0.29, 0.717) is 6.92 Å². The summed E-state index contributed by atoms with van der Waals surface area (Å²) < 4.78 is 196. The summed E-state index contributed by atoms with van der Waals surface area (Å²) >= 11 is 5.83. The van der Waals surface area contributed by atoms with Crippen LogP contribution in [0.4, 0.5) is 61.5 Å². The van der Waals surface area contributed by atoms with Gasteiger partial charge in [-0.05, 0) is 60.5 Å². The number of hydrogen-bond acceptors (Lipinski definition) is 3. The molecule has 3 aromatic rings. The first-order valence-corrected chi connectivity index (χ1v) is 11.9. The first-order chi connectivity index (χ1) is 19.7. The van der Waals surface area contributed by atoms with Gasteiger partial charge in [0.1, 0.15) is 11.6 Å². The summed E-state index contributed by atoms with van der Waals surface area (Å²) in [5.41, 5.74) is -16.1. The van der Waals surface area contributed by atoms with E-state index in [-0.39, 0.29) is 80.2 Å². The normalized spacial score (nSPS) is 13.9. The molecule has 46 heavy (non-hydrogen) atoms. The van der Waals surface area contributed by atoms with Crippen molar-refractivity contribution in [3.63, 3.8) is 0 Å². The Balaban J connectivity index is 0.00000529. The second-order valence-electron chi connectivity index (χ2n) is 9.41. The van der Waals surface area contributed by atoms with Crippen LogP contribution in [0.2, 0.25) is 5.02 Å². The van der Waals surface area contributed by atoms with E-state index in [1.165, 1.54) is 0 Å². The average molecular weight is 686 g/mol. The first kappa shape index (κ1) is 42.1. The van der Waals surface area contributed by atoms with Gasteiger partial charge >= 0.3 is 62.4 Å². The van der Waals surface area contributed by atoms with Gasteiger partial charge in [0.25, 0.3) is 0 Å². The van der Waals surface area contributed by atoms with Crippen LogP contribution in [0, 0.1) is 11.6 Å². The summed E-state index contributed by atoms with van der Waals surface area (Å²) in [7, 11) is -3.46. The minimum Gasteiger partial charge on any atom is -0.871 e. The molecule has 0 spiro atoms. The Kier molecular flexibility index (Phi) is 13.1. The monoisotopic (exact) mass is 686 g/mol. The van der Waals surface area contributed by atoms with Gasteiger partial charge in [0.2, 0.25) is 0 Å². The first-order valence-electron chi connectivity index (χ1n) is 11.5. The minimum atomic E-state index is -5.46. The number of benzene rings is 3. The van der Waals surface area contributed by atoms with Gasteiger partial charge in [-0.15, -0.1) is 0 Å². The van der Waals surface area contributed by atoms with Crippen molar-refractivity contribution in [3.05, 3.63) is 92.5 Å². The van der Waals surface area contributed by atoms with Crippen LogP contribution in [0.1, 0.15) is 40.3 Å². The predicted molar refractivity (Wildman–Crippen MR) is 121 cm³/mol. The van der Waals surface area contributed by atoms with E-state index in [2.05, 4.69) is 4.65 Å². The van der Waals surface area contributed by atoms with Crippen molar-refractivity contribution >= 4 is 18.9 Å². The zero-order chi connectivity index (χ0) is 33.8. The summed E-state index contributed by atoms with van der Waals surface area (Å²) in [6, 6.07) is -0.564. The van der Waals surface area contributed by atoms with E-state index in [4.69, 9.17) is 11.6 Å². The molecule has 0 amide bonds. The van der Waals surface area contributed by atoms with Crippen LogP contribution in [0.3, 0.4) is 0 Å². The van der Waals surface area contributed by atoms with Crippen LogP contribution < -0.4 is 47.8 Å². The fraction of sp³-hybridized carbons (Fsp3) is 0.280. The summed E-state index contributed by atoms with van der Waals surface area (Å²) in [5, 5.41) is 21.8. The van der Waals surface area contributed by atoms with Crippen LogP contribution >= 0.6 is 11.6 Å². The van der Waals surface area contributed by atoms with Crippen molar-refractivity contribution in [2.24, 2.45) is 0 Å². The molecule has 3 aromatic carbocycles. The Morgan fingerprint density at radius 3 is 1.33 bits per heavy atom. The maximum absolute atomic E-state index is 15.8.